The fraction of sp³-hybridized carbons (Fsp3) is 0.455. The molecule has 0 amide bonds. The van der Waals surface area contributed by atoms with Crippen LogP contribution in [0.5, 0.6) is 0 Å². The molecular weight excluding hydrogens is 212 g/mol. The molecule has 14 heavy (non-hydrogen) atoms. The minimum Gasteiger partial charge on any atom is -0.354 e. The Bertz CT molecular complexity index is 302. The zero-order valence-electron chi connectivity index (χ0n) is 8.45. The lowest BCUT2D eigenvalue weighted by molar-refractivity contribution is 0.148. The van der Waals surface area contributed by atoms with Crippen molar-refractivity contribution in [3.63, 3.8) is 0 Å². The molecule has 1 fully saturated rings. The van der Waals surface area contributed by atoms with Crippen molar-refractivity contribution in [2.75, 3.05) is 18.6 Å². The number of ether oxygens (including phenoxy) is 1. The summed E-state index contributed by atoms with van der Waals surface area (Å²) in [6.07, 6.45) is 0. The maximum atomic E-state index is 5.65. The van der Waals surface area contributed by atoms with Gasteiger partial charge in [-0.05, 0) is 6.92 Å². The quantitative estimate of drug-likeness (QED) is 0.766. The molecule has 1 saturated heterocycles. The van der Waals surface area contributed by atoms with Crippen molar-refractivity contribution in [2.24, 2.45) is 0 Å². The second-order valence-corrected chi connectivity index (χ2v) is 6.13. The minimum absolute atomic E-state index is 0.145. The number of methoxy groups -OCH3 is 1. The molecule has 0 spiro atoms. The summed E-state index contributed by atoms with van der Waals surface area (Å²) in [6, 6.07) is 8.64. The lowest BCUT2D eigenvalue weighted by Gasteiger charge is -2.25. The maximum Gasteiger partial charge on any atom is 0.186 e. The Morgan fingerprint density at radius 2 is 1.71 bits per heavy atom. The van der Waals surface area contributed by atoms with Crippen molar-refractivity contribution in [1.82, 2.24) is 0 Å². The monoisotopic (exact) mass is 226 g/mol. The van der Waals surface area contributed by atoms with Gasteiger partial charge in [0.25, 0.3) is 0 Å². The Morgan fingerprint density at radius 1 is 1.14 bits per heavy atom. The fourth-order valence-electron chi connectivity index (χ4n) is 1.55. The first-order valence-electron chi connectivity index (χ1n) is 4.67. The zero-order chi connectivity index (χ0) is 10.0. The van der Waals surface area contributed by atoms with E-state index in [2.05, 4.69) is 31.2 Å². The minimum atomic E-state index is -0.145. The molecule has 1 aromatic rings. The Hall–Kier alpha value is -0.120. The highest BCUT2D eigenvalue weighted by Gasteiger charge is 2.37. The van der Waals surface area contributed by atoms with Crippen LogP contribution < -0.4 is 0 Å². The van der Waals surface area contributed by atoms with Crippen molar-refractivity contribution >= 4 is 23.5 Å². The molecule has 1 aliphatic heterocycles. The van der Waals surface area contributed by atoms with Gasteiger partial charge in [-0.25, -0.2) is 0 Å². The van der Waals surface area contributed by atoms with E-state index >= 15 is 0 Å². The van der Waals surface area contributed by atoms with E-state index in [1.165, 1.54) is 22.6 Å². The number of benzene rings is 1. The van der Waals surface area contributed by atoms with Crippen LogP contribution in [0.3, 0.4) is 0 Å². The predicted octanol–water partition coefficient (Wildman–Crippen LogP) is 3.23. The smallest absolute Gasteiger partial charge is 0.186 e. The second kappa shape index (κ2) is 4.17. The summed E-state index contributed by atoms with van der Waals surface area (Å²) < 4.78 is 5.51. The summed E-state index contributed by atoms with van der Waals surface area (Å²) in [5.74, 6) is 2.35. The first kappa shape index (κ1) is 10.4. The Kier molecular flexibility index (Phi) is 3.10. The molecule has 0 saturated carbocycles. The van der Waals surface area contributed by atoms with E-state index in [-0.39, 0.29) is 4.27 Å². The van der Waals surface area contributed by atoms with E-state index in [0.29, 0.717) is 0 Å². The van der Waals surface area contributed by atoms with Gasteiger partial charge in [0, 0.05) is 24.2 Å². The molecule has 0 aliphatic carbocycles. The predicted molar refractivity (Wildman–Crippen MR) is 64.8 cm³/mol. The van der Waals surface area contributed by atoms with Crippen LogP contribution >= 0.6 is 23.5 Å². The lowest BCUT2D eigenvalue weighted by Crippen LogP contribution is -2.16. The molecule has 0 bridgehead atoms. The topological polar surface area (TPSA) is 9.23 Å². The Labute approximate surface area is 93.6 Å². The molecule has 0 unspecified atom stereocenters. The first-order valence-corrected chi connectivity index (χ1v) is 6.64. The third-order valence-electron chi connectivity index (χ3n) is 2.34. The van der Waals surface area contributed by atoms with Crippen molar-refractivity contribution in [1.29, 1.82) is 0 Å². The number of thioether (sulfide) groups is 2. The molecule has 3 heteroatoms. The summed E-state index contributed by atoms with van der Waals surface area (Å²) >= 11 is 3.78. The molecule has 0 aromatic heterocycles. The van der Waals surface area contributed by atoms with Gasteiger partial charge in [0.15, 0.2) is 4.27 Å². The van der Waals surface area contributed by atoms with E-state index in [4.69, 9.17) is 4.74 Å². The summed E-state index contributed by atoms with van der Waals surface area (Å²) in [5.41, 5.74) is 2.58. The molecule has 0 N–H and O–H groups in total. The van der Waals surface area contributed by atoms with Crippen LogP contribution in [0.25, 0.3) is 0 Å². The van der Waals surface area contributed by atoms with Gasteiger partial charge >= 0.3 is 0 Å². The van der Waals surface area contributed by atoms with Gasteiger partial charge in [-0.3, -0.25) is 0 Å². The summed E-state index contributed by atoms with van der Waals surface area (Å²) in [5, 5.41) is 0. The molecular formula is C11H14OS2. The van der Waals surface area contributed by atoms with Crippen LogP contribution in [-0.4, -0.2) is 18.6 Å². The zero-order valence-corrected chi connectivity index (χ0v) is 10.1. The number of hydrogen-bond donors (Lipinski definition) is 0. The maximum absolute atomic E-state index is 5.65. The number of aryl methyl sites for hydroxylation is 1. The largest absolute Gasteiger partial charge is 0.354 e. The fourth-order valence-corrected chi connectivity index (χ4v) is 4.43. The van der Waals surface area contributed by atoms with Crippen molar-refractivity contribution in [2.45, 2.75) is 11.2 Å². The molecule has 2 rings (SSSR count). The van der Waals surface area contributed by atoms with E-state index < -0.39 is 0 Å². The van der Waals surface area contributed by atoms with E-state index in [1.807, 2.05) is 23.5 Å². The van der Waals surface area contributed by atoms with Gasteiger partial charge in [-0.15, -0.1) is 23.5 Å². The van der Waals surface area contributed by atoms with E-state index in [0.717, 1.165) is 0 Å². The van der Waals surface area contributed by atoms with Gasteiger partial charge in [-0.1, -0.05) is 29.8 Å². The number of rotatable bonds is 2. The second-order valence-electron chi connectivity index (χ2n) is 3.32. The Balaban J connectivity index is 2.31. The summed E-state index contributed by atoms with van der Waals surface area (Å²) in [6.45, 7) is 2.11. The highest BCUT2D eigenvalue weighted by Crippen LogP contribution is 2.52. The molecule has 1 aliphatic rings. The molecule has 76 valence electrons. The Morgan fingerprint density at radius 3 is 2.21 bits per heavy atom. The molecule has 0 atom stereocenters. The van der Waals surface area contributed by atoms with Crippen LogP contribution in [0.1, 0.15) is 11.1 Å². The van der Waals surface area contributed by atoms with Gasteiger partial charge in [0.2, 0.25) is 0 Å². The third kappa shape index (κ3) is 1.81. The van der Waals surface area contributed by atoms with Crippen LogP contribution in [-0.2, 0) is 9.00 Å². The molecule has 1 heterocycles. The average Bonchev–Trinajstić information content (AvgIpc) is 2.68. The van der Waals surface area contributed by atoms with Crippen molar-refractivity contribution in [3.8, 4) is 0 Å². The number of hydrogen-bond acceptors (Lipinski definition) is 3. The van der Waals surface area contributed by atoms with Gasteiger partial charge in [0.05, 0.1) is 0 Å². The van der Waals surface area contributed by atoms with Crippen LogP contribution in [0, 0.1) is 6.92 Å². The van der Waals surface area contributed by atoms with Crippen LogP contribution in [0.2, 0.25) is 0 Å². The van der Waals surface area contributed by atoms with Crippen molar-refractivity contribution < 1.29 is 4.74 Å². The van der Waals surface area contributed by atoms with Gasteiger partial charge < -0.3 is 4.74 Å². The average molecular weight is 226 g/mol. The third-order valence-corrected chi connectivity index (χ3v) is 5.69. The van der Waals surface area contributed by atoms with Crippen molar-refractivity contribution in [3.05, 3.63) is 35.4 Å². The highest BCUT2D eigenvalue weighted by atomic mass is 32.2. The standard InChI is InChI=1S/C11H14OS2/c1-9-3-5-10(6-4-9)11(12-2)13-7-8-14-11/h3-6H,7-8H2,1-2H3. The highest BCUT2D eigenvalue weighted by molar-refractivity contribution is 8.20. The molecule has 0 radical (unpaired) electrons. The van der Waals surface area contributed by atoms with Crippen LogP contribution in [0.4, 0.5) is 0 Å². The SMILES string of the molecule is COC1(c2ccc(C)cc2)SCCS1. The van der Waals surface area contributed by atoms with Gasteiger partial charge in [0.1, 0.15) is 0 Å². The lowest BCUT2D eigenvalue weighted by atomic mass is 10.1. The molecule has 1 aromatic carbocycles. The van der Waals surface area contributed by atoms with Gasteiger partial charge in [-0.2, -0.15) is 0 Å². The van der Waals surface area contributed by atoms with E-state index in [1.54, 1.807) is 7.11 Å². The molecule has 1 nitrogen and oxygen atoms in total. The summed E-state index contributed by atoms with van der Waals surface area (Å²) in [7, 11) is 1.80. The van der Waals surface area contributed by atoms with E-state index in [9.17, 15) is 0 Å². The normalized spacial score (nSPS) is 19.9. The first-order chi connectivity index (χ1) is 6.77. The summed E-state index contributed by atoms with van der Waals surface area (Å²) in [4.78, 5) is 0. The van der Waals surface area contributed by atoms with Crippen LogP contribution in [0.15, 0.2) is 24.3 Å².